The predicted octanol–water partition coefficient (Wildman–Crippen LogP) is 0.926. The number of hydrogen-bond acceptors (Lipinski definition) is 4. The van der Waals surface area contributed by atoms with Gasteiger partial charge < -0.3 is 15.0 Å². The Morgan fingerprint density at radius 2 is 2.06 bits per heavy atom. The maximum atomic E-state index is 11.8. The second-order valence-corrected chi connectivity index (χ2v) is 3.51. The summed E-state index contributed by atoms with van der Waals surface area (Å²) in [5.41, 5.74) is 5.17. The van der Waals surface area contributed by atoms with Gasteiger partial charge in [-0.05, 0) is 6.07 Å². The van der Waals surface area contributed by atoms with E-state index in [1.54, 1.807) is 0 Å². The van der Waals surface area contributed by atoms with Gasteiger partial charge in [0.1, 0.15) is 13.2 Å². The fourth-order valence-electron chi connectivity index (χ4n) is 1.14. The zero-order valence-electron chi connectivity index (χ0n) is 9.24. The average molecular weight is 264 g/mol. The maximum absolute atomic E-state index is 11.8. The minimum absolute atomic E-state index is 0.262. The minimum atomic E-state index is -4.38. The fourth-order valence-corrected chi connectivity index (χ4v) is 1.14. The molecule has 2 N–H and O–H groups in total. The van der Waals surface area contributed by atoms with E-state index in [0.717, 1.165) is 10.6 Å². The van der Waals surface area contributed by atoms with Crippen molar-refractivity contribution in [1.82, 2.24) is 4.57 Å². The van der Waals surface area contributed by atoms with E-state index in [4.69, 9.17) is 5.73 Å². The van der Waals surface area contributed by atoms with Gasteiger partial charge in [0.15, 0.2) is 0 Å². The Kier molecular flexibility index (Phi) is 4.35. The molecule has 0 aliphatic carbocycles. The summed E-state index contributed by atoms with van der Waals surface area (Å²) in [5, 5.41) is 0. The number of nitrogen functional groups attached to an aromatic ring is 1. The third-order valence-electron chi connectivity index (χ3n) is 1.95. The molecular weight excluding hydrogens is 253 g/mol. The van der Waals surface area contributed by atoms with Crippen LogP contribution in [0.2, 0.25) is 0 Å². The molecule has 0 aliphatic heterocycles. The number of alkyl halides is 3. The summed E-state index contributed by atoms with van der Waals surface area (Å²) in [4.78, 5) is 22.4. The number of carbonyl (C=O) groups excluding carboxylic acids is 1. The second-order valence-electron chi connectivity index (χ2n) is 3.51. The van der Waals surface area contributed by atoms with E-state index in [2.05, 4.69) is 4.74 Å². The third kappa shape index (κ3) is 4.89. The van der Waals surface area contributed by atoms with Crippen molar-refractivity contribution in [1.29, 1.82) is 0 Å². The Bertz CT molecular complexity index is 482. The first kappa shape index (κ1) is 14.1. The monoisotopic (exact) mass is 264 g/mol. The van der Waals surface area contributed by atoms with Gasteiger partial charge in [-0.1, -0.05) is 0 Å². The predicted molar refractivity (Wildman–Crippen MR) is 56.7 cm³/mol. The Hall–Kier alpha value is -1.99. The van der Waals surface area contributed by atoms with Crippen molar-refractivity contribution in [2.45, 2.75) is 19.1 Å². The van der Waals surface area contributed by atoms with Gasteiger partial charge in [0.05, 0.1) is 6.42 Å². The van der Waals surface area contributed by atoms with Crippen LogP contribution in [0.5, 0.6) is 0 Å². The van der Waals surface area contributed by atoms with Crippen LogP contribution in [0.4, 0.5) is 18.9 Å². The van der Waals surface area contributed by atoms with Crippen LogP contribution in [0.3, 0.4) is 0 Å². The molecule has 0 amide bonds. The first-order chi connectivity index (χ1) is 8.28. The van der Waals surface area contributed by atoms with Crippen molar-refractivity contribution in [3.63, 3.8) is 0 Å². The summed E-state index contributed by atoms with van der Waals surface area (Å²) in [5.74, 6) is -0.924. The highest BCUT2D eigenvalue weighted by atomic mass is 19.4. The van der Waals surface area contributed by atoms with Gasteiger partial charge in [0.25, 0.3) is 5.56 Å². The lowest BCUT2D eigenvalue weighted by molar-refractivity contribution is -0.159. The molecule has 5 nitrogen and oxygen atoms in total. The van der Waals surface area contributed by atoms with Crippen molar-refractivity contribution >= 4 is 11.7 Å². The SMILES string of the molecule is Nc1ccc(=O)n(CC(=O)OCCC(F)(F)F)c1. The van der Waals surface area contributed by atoms with Crippen LogP contribution in [0, 0.1) is 0 Å². The number of aromatic nitrogens is 1. The van der Waals surface area contributed by atoms with E-state index in [-0.39, 0.29) is 5.69 Å². The number of ether oxygens (including phenoxy) is 1. The van der Waals surface area contributed by atoms with Crippen molar-refractivity contribution in [2.24, 2.45) is 0 Å². The summed E-state index contributed by atoms with van der Waals surface area (Å²) in [6, 6.07) is 2.51. The van der Waals surface area contributed by atoms with Crippen LogP contribution in [-0.4, -0.2) is 23.3 Å². The molecule has 0 aromatic carbocycles. The minimum Gasteiger partial charge on any atom is -0.464 e. The molecule has 0 fully saturated rings. The lowest BCUT2D eigenvalue weighted by Gasteiger charge is -2.08. The molecule has 0 unspecified atom stereocenters. The molecule has 8 heteroatoms. The molecule has 1 aromatic rings. The Morgan fingerprint density at radius 3 is 2.67 bits per heavy atom. The van der Waals surface area contributed by atoms with Crippen LogP contribution >= 0.6 is 0 Å². The van der Waals surface area contributed by atoms with Crippen LogP contribution in [0.25, 0.3) is 0 Å². The summed E-state index contributed by atoms with van der Waals surface area (Å²) >= 11 is 0. The van der Waals surface area contributed by atoms with E-state index < -0.39 is 37.3 Å². The molecule has 1 aromatic heterocycles. The van der Waals surface area contributed by atoms with E-state index >= 15 is 0 Å². The quantitative estimate of drug-likeness (QED) is 0.821. The summed E-state index contributed by atoms with van der Waals surface area (Å²) in [6.07, 6.45) is -4.38. The van der Waals surface area contributed by atoms with Gasteiger partial charge in [0, 0.05) is 18.0 Å². The molecule has 0 saturated heterocycles. The van der Waals surface area contributed by atoms with Crippen molar-refractivity contribution in [2.75, 3.05) is 12.3 Å². The molecular formula is C10H11F3N2O3. The lowest BCUT2D eigenvalue weighted by atomic mass is 10.4. The number of hydrogen-bond donors (Lipinski definition) is 1. The lowest BCUT2D eigenvalue weighted by Crippen LogP contribution is -2.25. The van der Waals surface area contributed by atoms with Gasteiger partial charge in [-0.25, -0.2) is 0 Å². The average Bonchev–Trinajstić information content (AvgIpc) is 2.21. The highest BCUT2D eigenvalue weighted by Crippen LogP contribution is 2.18. The van der Waals surface area contributed by atoms with Crippen LogP contribution in [0.15, 0.2) is 23.1 Å². The fraction of sp³-hybridized carbons (Fsp3) is 0.400. The Balaban J connectivity index is 2.50. The van der Waals surface area contributed by atoms with Gasteiger partial charge in [-0.2, -0.15) is 13.2 Å². The molecule has 0 aliphatic rings. The Labute approximate surface area is 100.0 Å². The molecule has 0 radical (unpaired) electrons. The molecule has 1 rings (SSSR count). The number of pyridine rings is 1. The largest absolute Gasteiger partial charge is 0.464 e. The first-order valence-electron chi connectivity index (χ1n) is 4.96. The maximum Gasteiger partial charge on any atom is 0.392 e. The molecule has 100 valence electrons. The zero-order valence-corrected chi connectivity index (χ0v) is 9.24. The summed E-state index contributed by atoms with van der Waals surface area (Å²) < 4.78 is 40.7. The van der Waals surface area contributed by atoms with Crippen LogP contribution < -0.4 is 11.3 Å². The summed E-state index contributed by atoms with van der Waals surface area (Å²) in [7, 11) is 0. The van der Waals surface area contributed by atoms with Gasteiger partial charge in [0.2, 0.25) is 0 Å². The molecule has 0 spiro atoms. The van der Waals surface area contributed by atoms with Crippen molar-refractivity contribution < 1.29 is 22.7 Å². The van der Waals surface area contributed by atoms with Gasteiger partial charge in [-0.15, -0.1) is 0 Å². The van der Waals surface area contributed by atoms with E-state index in [0.29, 0.717) is 0 Å². The van der Waals surface area contributed by atoms with E-state index in [1.165, 1.54) is 12.3 Å². The number of nitrogens with two attached hydrogens (primary N) is 1. The standard InChI is InChI=1S/C10H11F3N2O3/c11-10(12,13)3-4-18-9(17)6-15-5-7(14)1-2-8(15)16/h1-2,5H,3-4,6,14H2. The zero-order chi connectivity index (χ0) is 13.8. The molecule has 0 bridgehead atoms. The number of anilines is 1. The third-order valence-corrected chi connectivity index (χ3v) is 1.95. The molecule has 18 heavy (non-hydrogen) atoms. The number of halogens is 3. The van der Waals surface area contributed by atoms with E-state index in [1.807, 2.05) is 0 Å². The van der Waals surface area contributed by atoms with Gasteiger partial charge in [-0.3, -0.25) is 9.59 Å². The van der Waals surface area contributed by atoms with Crippen molar-refractivity contribution in [3.8, 4) is 0 Å². The molecule has 0 atom stereocenters. The number of esters is 1. The smallest absolute Gasteiger partial charge is 0.392 e. The first-order valence-corrected chi connectivity index (χ1v) is 4.96. The van der Waals surface area contributed by atoms with E-state index in [9.17, 15) is 22.8 Å². The second kappa shape index (κ2) is 5.56. The highest BCUT2D eigenvalue weighted by Gasteiger charge is 2.27. The Morgan fingerprint density at radius 1 is 1.39 bits per heavy atom. The number of carbonyl (C=O) groups is 1. The number of rotatable bonds is 4. The van der Waals surface area contributed by atoms with Crippen LogP contribution in [0.1, 0.15) is 6.42 Å². The molecule has 0 saturated carbocycles. The van der Waals surface area contributed by atoms with Crippen LogP contribution in [-0.2, 0) is 16.1 Å². The molecule has 1 heterocycles. The summed E-state index contributed by atoms with van der Waals surface area (Å²) in [6.45, 7) is -1.23. The normalized spacial score (nSPS) is 11.3. The number of nitrogens with zero attached hydrogens (tertiary/aromatic N) is 1. The van der Waals surface area contributed by atoms with Crippen molar-refractivity contribution in [3.05, 3.63) is 28.7 Å². The topological polar surface area (TPSA) is 74.3 Å². The van der Waals surface area contributed by atoms with Gasteiger partial charge >= 0.3 is 12.1 Å². The highest BCUT2D eigenvalue weighted by molar-refractivity contribution is 5.69.